The highest BCUT2D eigenvalue weighted by atomic mass is 19.4. The third-order valence-electron chi connectivity index (χ3n) is 9.75. The Morgan fingerprint density at radius 2 is 1.58 bits per heavy atom. The number of likely N-dealkylation sites (tertiary alicyclic amines) is 1. The van der Waals surface area contributed by atoms with Crippen LogP contribution in [-0.4, -0.2) is 45.6 Å². The predicted octanol–water partition coefficient (Wildman–Crippen LogP) is 8.45. The van der Waals surface area contributed by atoms with E-state index in [0.29, 0.717) is 43.1 Å². The third kappa shape index (κ3) is 9.33. The fourth-order valence-electron chi connectivity index (χ4n) is 7.27. The number of carboxylic acids is 1. The van der Waals surface area contributed by atoms with Crippen molar-refractivity contribution >= 4 is 11.9 Å². The Labute approximate surface area is 305 Å². The summed E-state index contributed by atoms with van der Waals surface area (Å²) in [6.07, 6.45) is -4.10. The average molecular weight is 746 g/mol. The van der Waals surface area contributed by atoms with Crippen LogP contribution >= 0.6 is 0 Å². The van der Waals surface area contributed by atoms with E-state index < -0.39 is 76.6 Å². The standard InChI is InChI=1S/C40H45F6N3O4/c1-8-9-26-17-28(35-23(6)15-27(41)16-24(35)7)38(43)36(37(26)42)31(19-34(51)52)47-39(53)32(14-21(2)3)49-20-29(30(18-33(49)50)40(44,45)46)25-10-12-48(13-11-25)22(4)5/h15-18,20-22,25,31-32H,10-14,19H2,1-7H3,(H,47,53)(H,51,52)/t31-,32+/m1/s1. The molecule has 0 bridgehead atoms. The van der Waals surface area contributed by atoms with Crippen LogP contribution in [0.2, 0.25) is 0 Å². The van der Waals surface area contributed by atoms with Crippen molar-refractivity contribution in [2.24, 2.45) is 5.92 Å². The topological polar surface area (TPSA) is 91.6 Å². The van der Waals surface area contributed by atoms with Gasteiger partial charge in [-0.3, -0.25) is 14.4 Å². The number of nitrogens with zero attached hydrogens (tertiary/aromatic N) is 2. The molecule has 0 radical (unpaired) electrons. The van der Waals surface area contributed by atoms with Gasteiger partial charge in [0, 0.05) is 29.4 Å². The molecule has 1 aliphatic rings. The Balaban J connectivity index is 1.88. The number of aromatic nitrogens is 1. The van der Waals surface area contributed by atoms with Crippen molar-refractivity contribution in [2.75, 3.05) is 13.1 Å². The van der Waals surface area contributed by atoms with Gasteiger partial charge in [0.2, 0.25) is 5.91 Å². The number of carboxylic acid groups (broad SMARTS) is 1. The molecule has 1 saturated heterocycles. The predicted molar refractivity (Wildman–Crippen MR) is 190 cm³/mol. The number of hydrogen-bond acceptors (Lipinski definition) is 4. The van der Waals surface area contributed by atoms with Crippen LogP contribution < -0.4 is 10.9 Å². The van der Waals surface area contributed by atoms with Gasteiger partial charge < -0.3 is 19.9 Å². The summed E-state index contributed by atoms with van der Waals surface area (Å²) < 4.78 is 91.1. The van der Waals surface area contributed by atoms with Crippen molar-refractivity contribution < 1.29 is 41.0 Å². The zero-order valence-corrected chi connectivity index (χ0v) is 30.9. The van der Waals surface area contributed by atoms with Gasteiger partial charge in [0.1, 0.15) is 23.5 Å². The summed E-state index contributed by atoms with van der Waals surface area (Å²) in [5, 5.41) is 12.3. The summed E-state index contributed by atoms with van der Waals surface area (Å²) in [4.78, 5) is 42.0. The Hall–Kier alpha value is -4.57. The lowest BCUT2D eigenvalue weighted by Gasteiger charge is -2.36. The molecule has 0 spiro atoms. The molecule has 13 heteroatoms. The van der Waals surface area contributed by atoms with E-state index in [2.05, 4.69) is 22.1 Å². The molecule has 4 rings (SSSR count). The van der Waals surface area contributed by atoms with E-state index in [-0.39, 0.29) is 40.6 Å². The highest BCUT2D eigenvalue weighted by molar-refractivity contribution is 5.82. The van der Waals surface area contributed by atoms with E-state index in [1.54, 1.807) is 13.8 Å². The van der Waals surface area contributed by atoms with Crippen molar-refractivity contribution in [2.45, 2.75) is 104 Å². The molecule has 2 aromatic carbocycles. The molecule has 1 amide bonds. The molecular weight excluding hydrogens is 700 g/mol. The van der Waals surface area contributed by atoms with Gasteiger partial charge in [-0.1, -0.05) is 19.8 Å². The minimum absolute atomic E-state index is 0.0757. The maximum absolute atomic E-state index is 16.7. The van der Waals surface area contributed by atoms with Crippen LogP contribution in [0.5, 0.6) is 0 Å². The van der Waals surface area contributed by atoms with Crippen LogP contribution in [0.15, 0.2) is 35.3 Å². The van der Waals surface area contributed by atoms with E-state index in [1.165, 1.54) is 20.8 Å². The number of rotatable bonds is 11. The number of pyridine rings is 1. The maximum Gasteiger partial charge on any atom is 0.416 e. The molecule has 53 heavy (non-hydrogen) atoms. The van der Waals surface area contributed by atoms with Crippen LogP contribution in [0.3, 0.4) is 0 Å². The van der Waals surface area contributed by atoms with Crippen molar-refractivity contribution in [3.8, 4) is 23.0 Å². The first kappa shape index (κ1) is 41.2. The van der Waals surface area contributed by atoms with Crippen LogP contribution in [-0.2, 0) is 15.8 Å². The first-order valence-electron chi connectivity index (χ1n) is 17.6. The van der Waals surface area contributed by atoms with E-state index >= 15 is 8.78 Å². The van der Waals surface area contributed by atoms with Gasteiger partial charge in [0.05, 0.1) is 23.6 Å². The van der Waals surface area contributed by atoms with Crippen LogP contribution in [0.4, 0.5) is 26.3 Å². The molecule has 0 saturated carbocycles. The number of nitrogens with one attached hydrogen (secondary N) is 1. The van der Waals surface area contributed by atoms with Gasteiger partial charge in [-0.2, -0.15) is 13.2 Å². The number of carbonyl (C=O) groups excluding carboxylic acids is 1. The molecule has 286 valence electrons. The van der Waals surface area contributed by atoms with Crippen LogP contribution in [0.25, 0.3) is 11.1 Å². The summed E-state index contributed by atoms with van der Waals surface area (Å²) in [7, 11) is 0. The first-order chi connectivity index (χ1) is 24.7. The van der Waals surface area contributed by atoms with Crippen molar-refractivity contribution in [1.29, 1.82) is 0 Å². The lowest BCUT2D eigenvalue weighted by Crippen LogP contribution is -2.41. The fourth-order valence-corrected chi connectivity index (χ4v) is 7.27. The monoisotopic (exact) mass is 745 g/mol. The summed E-state index contributed by atoms with van der Waals surface area (Å²) >= 11 is 0. The van der Waals surface area contributed by atoms with Gasteiger partial charge in [-0.05, 0) is 119 Å². The van der Waals surface area contributed by atoms with Gasteiger partial charge in [0.15, 0.2) is 0 Å². The number of alkyl halides is 3. The molecule has 7 nitrogen and oxygen atoms in total. The molecule has 2 heterocycles. The smallest absolute Gasteiger partial charge is 0.416 e. The van der Waals surface area contributed by atoms with E-state index in [9.17, 15) is 37.1 Å². The molecule has 2 atom stereocenters. The third-order valence-corrected chi connectivity index (χ3v) is 9.75. The largest absolute Gasteiger partial charge is 0.481 e. The number of hydrogen-bond donors (Lipinski definition) is 2. The normalized spacial score (nSPS) is 15.3. The number of benzene rings is 2. The highest BCUT2D eigenvalue weighted by Crippen LogP contribution is 2.40. The quantitative estimate of drug-likeness (QED) is 0.152. The number of aliphatic carboxylic acids is 1. The summed E-state index contributed by atoms with van der Waals surface area (Å²) in [6.45, 7) is 12.9. The van der Waals surface area contributed by atoms with E-state index in [4.69, 9.17) is 0 Å². The lowest BCUT2D eigenvalue weighted by atomic mass is 9.86. The Morgan fingerprint density at radius 3 is 2.09 bits per heavy atom. The molecule has 1 aromatic heterocycles. The first-order valence-corrected chi connectivity index (χ1v) is 17.6. The second-order valence-electron chi connectivity index (χ2n) is 14.4. The summed E-state index contributed by atoms with van der Waals surface area (Å²) in [5.41, 5.74) is -2.85. The minimum atomic E-state index is -4.86. The Kier molecular flexibility index (Phi) is 12.9. The van der Waals surface area contributed by atoms with Gasteiger partial charge in [-0.25, -0.2) is 13.2 Å². The second kappa shape index (κ2) is 16.6. The molecular formula is C40H45F6N3O4. The molecule has 1 aliphatic heterocycles. The number of piperidine rings is 1. The average Bonchev–Trinajstić information content (AvgIpc) is 3.04. The molecule has 3 aromatic rings. The molecule has 1 fully saturated rings. The lowest BCUT2D eigenvalue weighted by molar-refractivity contribution is -0.139. The van der Waals surface area contributed by atoms with Crippen LogP contribution in [0, 0.1) is 49.1 Å². The van der Waals surface area contributed by atoms with E-state index in [0.717, 1.165) is 29.0 Å². The molecule has 2 N–H and O–H groups in total. The number of aryl methyl sites for hydroxylation is 2. The highest BCUT2D eigenvalue weighted by Gasteiger charge is 2.39. The summed E-state index contributed by atoms with van der Waals surface area (Å²) in [6, 6.07) is 0.798. The number of halogens is 6. The second-order valence-corrected chi connectivity index (χ2v) is 14.4. The van der Waals surface area contributed by atoms with Crippen molar-refractivity contribution in [1.82, 2.24) is 14.8 Å². The fraction of sp³-hybridized carbons (Fsp3) is 0.475. The maximum atomic E-state index is 16.7. The van der Waals surface area contributed by atoms with E-state index in [1.807, 2.05) is 13.8 Å². The zero-order chi connectivity index (χ0) is 39.5. The Morgan fingerprint density at radius 1 is 0.981 bits per heavy atom. The number of amides is 1. The summed E-state index contributed by atoms with van der Waals surface area (Å²) in [5.74, 6) is -1.37. The van der Waals surface area contributed by atoms with Crippen molar-refractivity contribution in [3.05, 3.63) is 91.6 Å². The van der Waals surface area contributed by atoms with Gasteiger partial charge in [-0.15, -0.1) is 5.92 Å². The minimum Gasteiger partial charge on any atom is -0.481 e. The SMILES string of the molecule is CC#Cc1cc(-c2c(C)cc(F)cc2C)c(F)c([C@@H](CC(=O)O)NC(=O)[C@H](CC(C)C)n2cc(C3CCN(C(C)C)CC3)c(C(F)(F)F)cc2=O)c1F. The zero-order valence-electron chi connectivity index (χ0n) is 30.9. The molecule has 0 unspecified atom stereocenters. The molecule has 0 aliphatic carbocycles. The van der Waals surface area contributed by atoms with Gasteiger partial charge in [0.25, 0.3) is 5.56 Å². The Bertz CT molecular complexity index is 1960. The van der Waals surface area contributed by atoms with Crippen LogP contribution in [0.1, 0.15) is 112 Å². The van der Waals surface area contributed by atoms with Gasteiger partial charge >= 0.3 is 12.1 Å². The van der Waals surface area contributed by atoms with Crippen molar-refractivity contribution in [3.63, 3.8) is 0 Å². The number of carbonyl (C=O) groups is 2.